The molecule has 6 amide bonds. The molecule has 0 radical (unpaired) electrons. The number of fused-ring (bicyclic) bond motifs is 4. The van der Waals surface area contributed by atoms with Gasteiger partial charge in [0.15, 0.2) is 5.82 Å². The van der Waals surface area contributed by atoms with Crippen LogP contribution in [0.4, 0.5) is 27.3 Å². The Hall–Kier alpha value is -7.99. The molecule has 17 nitrogen and oxygen atoms in total. The molecule has 4 saturated heterocycles. The number of amides is 6. The first-order chi connectivity index (χ1) is 40.5. The number of pyridine rings is 1. The van der Waals surface area contributed by atoms with Crippen LogP contribution < -0.4 is 25.8 Å². The van der Waals surface area contributed by atoms with Crippen molar-refractivity contribution in [1.82, 2.24) is 39.9 Å². The van der Waals surface area contributed by atoms with Gasteiger partial charge in [0.2, 0.25) is 11.8 Å². The molecule has 84 heavy (non-hydrogen) atoms. The van der Waals surface area contributed by atoms with Gasteiger partial charge in [-0.05, 0) is 177 Å². The molecule has 0 bridgehead atoms. The Morgan fingerprint density at radius 3 is 2.26 bits per heavy atom. The minimum atomic E-state index is -0.818. The predicted octanol–water partition coefficient (Wildman–Crippen LogP) is 9.80. The van der Waals surface area contributed by atoms with E-state index in [2.05, 4.69) is 48.8 Å². The summed E-state index contributed by atoms with van der Waals surface area (Å²) in [6, 6.07) is 24.5. The van der Waals surface area contributed by atoms with Crippen molar-refractivity contribution in [3.8, 4) is 11.3 Å². The monoisotopic (exact) mass is 1140 g/mol. The number of imidazole rings is 1. The molecule has 2 aromatic heterocycles. The van der Waals surface area contributed by atoms with Crippen molar-refractivity contribution >= 4 is 69.4 Å². The summed E-state index contributed by atoms with van der Waals surface area (Å²) in [5, 5.41) is 9.03. The van der Waals surface area contributed by atoms with E-state index < -0.39 is 11.2 Å². The zero-order valence-corrected chi connectivity index (χ0v) is 48.7. The summed E-state index contributed by atoms with van der Waals surface area (Å²) in [5.74, 6) is -0.878. The lowest BCUT2D eigenvalue weighted by Gasteiger charge is -2.48. The molecule has 1 aliphatic carbocycles. The van der Waals surface area contributed by atoms with Crippen molar-refractivity contribution in [2.45, 2.75) is 147 Å². The lowest BCUT2D eigenvalue weighted by molar-refractivity contribution is -0.126. The highest BCUT2D eigenvalue weighted by molar-refractivity contribution is 6.24. The van der Waals surface area contributed by atoms with Gasteiger partial charge in [0.25, 0.3) is 23.6 Å². The summed E-state index contributed by atoms with van der Waals surface area (Å²) in [6.07, 6.45) is 10.5. The first-order valence-electron chi connectivity index (χ1n) is 30.4. The summed E-state index contributed by atoms with van der Waals surface area (Å²) in [7, 11) is 0. The molecule has 6 aromatic rings. The molecule has 4 aromatic carbocycles. The number of carbonyl (C=O) groups excluding carboxylic acids is 6. The topological polar surface area (TPSA) is 185 Å². The average Bonchev–Trinajstić information content (AvgIpc) is 1.72. The first kappa shape index (κ1) is 55.2. The average molecular weight is 1140 g/mol. The zero-order chi connectivity index (χ0) is 58.3. The fraction of sp³-hybridized carbons (Fsp3) is 0.455. The van der Waals surface area contributed by atoms with Gasteiger partial charge in [-0.25, -0.2) is 14.4 Å². The summed E-state index contributed by atoms with van der Waals surface area (Å²) in [4.78, 5) is 103. The number of likely N-dealkylation sites (tertiary alicyclic amines) is 2. The number of halogens is 1. The second-order valence-corrected chi connectivity index (χ2v) is 25.1. The molecular formula is C66H74FN11O6. The zero-order valence-electron chi connectivity index (χ0n) is 48.7. The van der Waals surface area contributed by atoms with E-state index in [1.807, 2.05) is 79.6 Å². The number of piperidine rings is 4. The van der Waals surface area contributed by atoms with Crippen molar-refractivity contribution in [2.75, 3.05) is 60.9 Å². The molecular weight excluding hydrogens is 1060 g/mol. The highest BCUT2D eigenvalue weighted by Crippen LogP contribution is 2.53. The molecule has 8 heterocycles. The molecule has 7 aliphatic rings. The SMILES string of the molecule is Cc1cc(F)c(Nc2nc(-c3ccc4c(c3)N([C@H]3C[C@@H](N5CCCCC5)C3)C(=O)C43CCN(C(=O)c4cccc(C5CCN(c6cccc7c6C(=O)N(C6CCC(=O)NC6)C7=O)CC5)c4)CC3)cc3ncn(C(C)C)c23)cc1C(=O)NC(C)C. The standard InChI is InChI=1S/C66H74FN11O6/c1-38(2)70-61(80)49-34-53(51(67)29-40(49)5)72-60-59-54(69-37-76(59)39(3)4)35-52(71-60)43-15-17-50-56(31-43)77(47-32-46(33-47)73-23-7-6-8-24-73)65(84)66(50)21-27-75(28-22-66)62(81)44-12-9-11-42(30-44)41-19-25-74(26-20-41)55-14-10-13-48-58(55)64(83)78(63(48)82)45-16-18-57(79)68-36-45/h9-15,17,29-31,34-35,37-39,41,45-47H,6-8,16,18-28,32-33,36H2,1-5H3,(H,68,79)(H,70,80)(H,71,72)/t45?,46-,47+. The summed E-state index contributed by atoms with van der Waals surface area (Å²) in [6.45, 7) is 14.2. The maximum atomic E-state index is 16.0. The Balaban J connectivity index is 0.744. The Labute approximate surface area is 489 Å². The van der Waals surface area contributed by atoms with Crippen LogP contribution in [0, 0.1) is 12.7 Å². The maximum absolute atomic E-state index is 16.0. The van der Waals surface area contributed by atoms with Gasteiger partial charge in [0.05, 0.1) is 51.5 Å². The van der Waals surface area contributed by atoms with Crippen LogP contribution in [0.5, 0.6) is 0 Å². The third kappa shape index (κ3) is 9.67. The van der Waals surface area contributed by atoms with Gasteiger partial charge < -0.3 is 40.1 Å². The van der Waals surface area contributed by atoms with E-state index in [-0.39, 0.29) is 84.2 Å². The first-order valence-corrected chi connectivity index (χ1v) is 30.4. The van der Waals surface area contributed by atoms with E-state index >= 15 is 9.18 Å². The van der Waals surface area contributed by atoms with Gasteiger partial charge in [0.1, 0.15) is 11.3 Å². The van der Waals surface area contributed by atoms with Gasteiger partial charge in [-0.15, -0.1) is 0 Å². The molecule has 13 rings (SSSR count). The molecule has 5 fully saturated rings. The van der Waals surface area contributed by atoms with E-state index in [0.717, 1.165) is 66.8 Å². The highest BCUT2D eigenvalue weighted by Gasteiger charge is 2.56. The van der Waals surface area contributed by atoms with Gasteiger partial charge in [-0.3, -0.25) is 33.7 Å². The van der Waals surface area contributed by atoms with Crippen molar-refractivity contribution in [3.05, 3.63) is 130 Å². The van der Waals surface area contributed by atoms with Crippen molar-refractivity contribution in [3.63, 3.8) is 0 Å². The second-order valence-electron chi connectivity index (χ2n) is 25.1. The molecule has 1 saturated carbocycles. The third-order valence-electron chi connectivity index (χ3n) is 19.3. The normalized spacial score (nSPS) is 21.8. The quantitative estimate of drug-likeness (QED) is 0.0991. The van der Waals surface area contributed by atoms with Gasteiger partial charge in [-0.2, -0.15) is 0 Å². The van der Waals surface area contributed by atoms with E-state index in [1.165, 1.54) is 30.2 Å². The van der Waals surface area contributed by atoms with Crippen LogP contribution in [0.1, 0.15) is 168 Å². The summed E-state index contributed by atoms with van der Waals surface area (Å²) in [5.41, 5.74) is 8.08. The number of hydrogen-bond acceptors (Lipinski definition) is 11. The number of hydrogen-bond donors (Lipinski definition) is 3. The van der Waals surface area contributed by atoms with Crippen LogP contribution in [0.3, 0.4) is 0 Å². The number of rotatable bonds is 12. The number of nitrogens with zero attached hydrogens (tertiary/aromatic N) is 8. The minimum Gasteiger partial charge on any atom is -0.371 e. The van der Waals surface area contributed by atoms with Crippen molar-refractivity contribution in [2.24, 2.45) is 0 Å². The Morgan fingerprint density at radius 1 is 0.774 bits per heavy atom. The van der Waals surface area contributed by atoms with E-state index in [4.69, 9.17) is 9.97 Å². The van der Waals surface area contributed by atoms with Crippen LogP contribution in [0.25, 0.3) is 22.3 Å². The fourth-order valence-electron chi connectivity index (χ4n) is 14.6. The van der Waals surface area contributed by atoms with Crippen molar-refractivity contribution < 1.29 is 33.2 Å². The predicted molar refractivity (Wildman–Crippen MR) is 321 cm³/mol. The smallest absolute Gasteiger partial charge is 0.263 e. The Morgan fingerprint density at radius 2 is 1.54 bits per heavy atom. The highest BCUT2D eigenvalue weighted by atomic mass is 19.1. The van der Waals surface area contributed by atoms with Gasteiger partial charge in [0, 0.05) is 85.7 Å². The van der Waals surface area contributed by atoms with Crippen LogP contribution in [0.2, 0.25) is 0 Å². The number of aryl methyl sites for hydroxylation is 1. The molecule has 3 N–H and O–H groups in total. The van der Waals surface area contributed by atoms with Crippen LogP contribution in [0.15, 0.2) is 85.2 Å². The molecule has 6 aliphatic heterocycles. The molecule has 1 spiro atoms. The molecule has 18 heteroatoms. The van der Waals surface area contributed by atoms with Gasteiger partial charge in [-0.1, -0.05) is 36.8 Å². The molecule has 436 valence electrons. The Kier molecular flexibility index (Phi) is 14.4. The number of aromatic nitrogens is 3. The minimum absolute atomic E-state index is 0.00819. The van der Waals surface area contributed by atoms with E-state index in [0.29, 0.717) is 102 Å². The molecule has 1 atom stereocenters. The second kappa shape index (κ2) is 21.9. The lowest BCUT2D eigenvalue weighted by atomic mass is 9.73. The Bertz CT molecular complexity index is 3650. The number of nitrogens with one attached hydrogen (secondary N) is 3. The molecule has 1 unspecified atom stereocenters. The fourth-order valence-corrected chi connectivity index (χ4v) is 14.6. The van der Waals surface area contributed by atoms with Crippen LogP contribution in [-0.4, -0.2) is 135 Å². The number of imide groups is 1. The summed E-state index contributed by atoms with van der Waals surface area (Å²) < 4.78 is 18.0. The van der Waals surface area contributed by atoms with Crippen molar-refractivity contribution in [1.29, 1.82) is 0 Å². The van der Waals surface area contributed by atoms with Crippen LogP contribution in [-0.2, 0) is 15.0 Å². The lowest BCUT2D eigenvalue weighted by Crippen LogP contribution is -2.58. The third-order valence-corrected chi connectivity index (χ3v) is 19.3. The number of benzene rings is 4. The van der Waals surface area contributed by atoms with E-state index in [1.54, 1.807) is 25.4 Å². The van der Waals surface area contributed by atoms with Crippen LogP contribution >= 0.6 is 0 Å². The maximum Gasteiger partial charge on any atom is 0.263 e. The summed E-state index contributed by atoms with van der Waals surface area (Å²) >= 11 is 0. The number of anilines is 4. The van der Waals surface area contributed by atoms with E-state index in [9.17, 15) is 24.0 Å². The number of carbonyl (C=O) groups is 6. The largest absolute Gasteiger partial charge is 0.371 e. The van der Waals surface area contributed by atoms with Gasteiger partial charge >= 0.3 is 0 Å².